The van der Waals surface area contributed by atoms with Crippen molar-refractivity contribution in [3.8, 4) is 23.3 Å². The highest BCUT2D eigenvalue weighted by atomic mass is 16.5. The molecule has 0 fully saturated rings. The topological polar surface area (TPSA) is 80.6 Å². The minimum Gasteiger partial charge on any atom is -0.495 e. The molecule has 1 amide bonds. The van der Waals surface area contributed by atoms with Gasteiger partial charge in [0.15, 0.2) is 11.5 Å². The van der Waals surface area contributed by atoms with E-state index < -0.39 is 5.91 Å². The Kier molecular flexibility index (Phi) is 6.84. The summed E-state index contributed by atoms with van der Waals surface area (Å²) in [6.07, 6.45) is 1.49. The molecule has 6 heteroatoms. The number of hydrogen-bond donors (Lipinski definition) is 1. The molecule has 0 aromatic heterocycles. The third kappa shape index (κ3) is 5.25. The number of carbonyl (C=O) groups is 1. The van der Waals surface area contributed by atoms with Gasteiger partial charge >= 0.3 is 0 Å². The van der Waals surface area contributed by atoms with Crippen molar-refractivity contribution in [1.82, 2.24) is 0 Å². The Bertz CT molecular complexity index is 882. The van der Waals surface area contributed by atoms with Crippen LogP contribution < -0.4 is 19.5 Å². The van der Waals surface area contributed by atoms with Crippen LogP contribution in [-0.2, 0) is 4.79 Å². The summed E-state index contributed by atoms with van der Waals surface area (Å²) in [6, 6.07) is 14.1. The maximum Gasteiger partial charge on any atom is 0.266 e. The van der Waals surface area contributed by atoms with Gasteiger partial charge in [0.1, 0.15) is 17.4 Å². The molecule has 27 heavy (non-hydrogen) atoms. The van der Waals surface area contributed by atoms with E-state index >= 15 is 0 Å². The fraction of sp³-hybridized carbons (Fsp3) is 0.238. The van der Waals surface area contributed by atoms with Gasteiger partial charge < -0.3 is 19.5 Å². The molecule has 140 valence electrons. The number of para-hydroxylation sites is 2. The molecule has 6 nitrogen and oxygen atoms in total. The summed E-state index contributed by atoms with van der Waals surface area (Å²) in [4.78, 5) is 12.5. The Hall–Kier alpha value is -3.46. The number of nitrogens with one attached hydrogen (secondary N) is 1. The van der Waals surface area contributed by atoms with E-state index in [1.807, 2.05) is 19.9 Å². The Morgan fingerprint density at radius 1 is 1.07 bits per heavy atom. The van der Waals surface area contributed by atoms with E-state index in [9.17, 15) is 10.1 Å². The number of amides is 1. The van der Waals surface area contributed by atoms with Crippen LogP contribution in [0.15, 0.2) is 48.0 Å². The number of carbonyl (C=O) groups excluding carboxylic acids is 1. The Balaban J connectivity index is 2.27. The van der Waals surface area contributed by atoms with Gasteiger partial charge in [-0.3, -0.25) is 4.79 Å². The summed E-state index contributed by atoms with van der Waals surface area (Å²) in [7, 11) is 3.05. The zero-order valence-corrected chi connectivity index (χ0v) is 15.8. The van der Waals surface area contributed by atoms with Crippen molar-refractivity contribution in [3.05, 3.63) is 53.6 Å². The van der Waals surface area contributed by atoms with Crippen molar-refractivity contribution in [2.24, 2.45) is 0 Å². The molecule has 0 unspecified atom stereocenters. The molecule has 0 bridgehead atoms. The summed E-state index contributed by atoms with van der Waals surface area (Å²) in [6.45, 7) is 3.84. The van der Waals surface area contributed by atoms with Crippen LogP contribution in [0.25, 0.3) is 6.08 Å². The van der Waals surface area contributed by atoms with Crippen LogP contribution in [-0.4, -0.2) is 26.2 Å². The van der Waals surface area contributed by atoms with Gasteiger partial charge in [0.05, 0.1) is 26.0 Å². The van der Waals surface area contributed by atoms with Gasteiger partial charge in [0.25, 0.3) is 5.91 Å². The normalized spacial score (nSPS) is 10.9. The lowest BCUT2D eigenvalue weighted by molar-refractivity contribution is -0.112. The first-order valence-electron chi connectivity index (χ1n) is 8.39. The third-order valence-corrected chi connectivity index (χ3v) is 3.58. The molecule has 0 saturated heterocycles. The quantitative estimate of drug-likeness (QED) is 0.591. The number of hydrogen-bond acceptors (Lipinski definition) is 5. The monoisotopic (exact) mass is 366 g/mol. The van der Waals surface area contributed by atoms with Gasteiger partial charge in [-0.2, -0.15) is 5.26 Å². The second-order valence-electron chi connectivity index (χ2n) is 5.90. The van der Waals surface area contributed by atoms with Crippen molar-refractivity contribution in [2.45, 2.75) is 20.0 Å². The predicted molar refractivity (Wildman–Crippen MR) is 104 cm³/mol. The smallest absolute Gasteiger partial charge is 0.266 e. The lowest BCUT2D eigenvalue weighted by Gasteiger charge is -2.14. The maximum atomic E-state index is 12.5. The zero-order valence-electron chi connectivity index (χ0n) is 15.8. The lowest BCUT2D eigenvalue weighted by atomic mass is 10.1. The summed E-state index contributed by atoms with van der Waals surface area (Å²) in [5.41, 5.74) is 1.10. The van der Waals surface area contributed by atoms with E-state index in [0.717, 1.165) is 0 Å². The average Bonchev–Trinajstić information content (AvgIpc) is 2.66. The Labute approximate surface area is 159 Å². The van der Waals surface area contributed by atoms with E-state index in [-0.39, 0.29) is 11.7 Å². The Morgan fingerprint density at radius 2 is 1.78 bits per heavy atom. The van der Waals surface area contributed by atoms with Crippen molar-refractivity contribution in [2.75, 3.05) is 19.5 Å². The van der Waals surface area contributed by atoms with Crippen molar-refractivity contribution < 1.29 is 19.0 Å². The van der Waals surface area contributed by atoms with E-state index in [0.29, 0.717) is 28.5 Å². The van der Waals surface area contributed by atoms with Gasteiger partial charge in [-0.15, -0.1) is 0 Å². The number of benzene rings is 2. The maximum absolute atomic E-state index is 12.5. The molecule has 0 heterocycles. The summed E-state index contributed by atoms with van der Waals surface area (Å²) < 4.78 is 16.2. The second-order valence-corrected chi connectivity index (χ2v) is 5.90. The van der Waals surface area contributed by atoms with Gasteiger partial charge in [0.2, 0.25) is 0 Å². The molecule has 0 saturated carbocycles. The highest BCUT2D eigenvalue weighted by Crippen LogP contribution is 2.30. The second kappa shape index (κ2) is 9.30. The predicted octanol–water partition coefficient (Wildman–Crippen LogP) is 4.04. The van der Waals surface area contributed by atoms with Crippen molar-refractivity contribution in [3.63, 3.8) is 0 Å². The van der Waals surface area contributed by atoms with Crippen LogP contribution in [0.4, 0.5) is 5.69 Å². The average molecular weight is 366 g/mol. The van der Waals surface area contributed by atoms with E-state index in [1.165, 1.54) is 20.3 Å². The number of ether oxygens (including phenoxy) is 3. The number of nitrogens with zero attached hydrogens (tertiary/aromatic N) is 1. The standard InChI is InChI=1S/C21H22N2O4/c1-14(2)27-19-10-9-15(12-20(19)26-4)11-16(13-22)21(24)23-17-7-5-6-8-18(17)25-3/h5-12,14H,1-4H3,(H,23,24)/b16-11+. The molecule has 2 aromatic rings. The molecule has 2 aromatic carbocycles. The summed E-state index contributed by atoms with van der Waals surface area (Å²) >= 11 is 0. The third-order valence-electron chi connectivity index (χ3n) is 3.58. The van der Waals surface area contributed by atoms with Gasteiger partial charge in [-0.25, -0.2) is 0 Å². The fourth-order valence-corrected chi connectivity index (χ4v) is 2.38. The number of nitriles is 1. The van der Waals surface area contributed by atoms with E-state index in [4.69, 9.17) is 14.2 Å². The zero-order chi connectivity index (χ0) is 19.8. The van der Waals surface area contributed by atoms with Crippen LogP contribution in [0.1, 0.15) is 19.4 Å². The largest absolute Gasteiger partial charge is 0.495 e. The van der Waals surface area contributed by atoms with E-state index in [1.54, 1.807) is 42.5 Å². The molecule has 0 aliphatic carbocycles. The first-order chi connectivity index (χ1) is 13.0. The fourth-order valence-electron chi connectivity index (χ4n) is 2.38. The van der Waals surface area contributed by atoms with Crippen molar-refractivity contribution in [1.29, 1.82) is 5.26 Å². The molecule has 0 aliphatic rings. The van der Waals surface area contributed by atoms with Crippen LogP contribution in [0.3, 0.4) is 0 Å². The number of methoxy groups -OCH3 is 2. The molecular formula is C21H22N2O4. The SMILES string of the molecule is COc1ccccc1NC(=O)/C(C#N)=C/c1ccc(OC(C)C)c(OC)c1. The first-order valence-corrected chi connectivity index (χ1v) is 8.39. The lowest BCUT2D eigenvalue weighted by Crippen LogP contribution is -2.14. The molecule has 2 rings (SSSR count). The number of anilines is 1. The van der Waals surface area contributed by atoms with E-state index in [2.05, 4.69) is 5.32 Å². The Morgan fingerprint density at radius 3 is 2.41 bits per heavy atom. The van der Waals surface area contributed by atoms with Crippen LogP contribution in [0.5, 0.6) is 17.2 Å². The minimum absolute atomic E-state index is 0.00147. The molecular weight excluding hydrogens is 344 g/mol. The molecule has 1 N–H and O–H groups in total. The molecule has 0 aliphatic heterocycles. The minimum atomic E-state index is -0.525. The van der Waals surface area contributed by atoms with Crippen molar-refractivity contribution >= 4 is 17.7 Å². The summed E-state index contributed by atoms with van der Waals surface area (Å²) in [5.74, 6) is 1.12. The van der Waals surface area contributed by atoms with Gasteiger partial charge in [0, 0.05) is 0 Å². The number of rotatable bonds is 7. The first kappa shape index (κ1) is 19.9. The molecule has 0 atom stereocenters. The van der Waals surface area contributed by atoms with Gasteiger partial charge in [-0.1, -0.05) is 18.2 Å². The van der Waals surface area contributed by atoms with Crippen LogP contribution in [0.2, 0.25) is 0 Å². The van der Waals surface area contributed by atoms with Gasteiger partial charge in [-0.05, 0) is 49.8 Å². The molecule has 0 radical (unpaired) electrons. The van der Waals surface area contributed by atoms with Crippen LogP contribution >= 0.6 is 0 Å². The van der Waals surface area contributed by atoms with Crippen LogP contribution in [0, 0.1) is 11.3 Å². The summed E-state index contributed by atoms with van der Waals surface area (Å²) in [5, 5.41) is 12.1. The highest BCUT2D eigenvalue weighted by Gasteiger charge is 2.13. The molecule has 0 spiro atoms. The highest BCUT2D eigenvalue weighted by molar-refractivity contribution is 6.10.